The zero-order chi connectivity index (χ0) is 22.5. The largest absolute Gasteiger partial charge is 0.508 e. The highest BCUT2D eigenvalue weighted by molar-refractivity contribution is 6.37. The highest BCUT2D eigenvalue weighted by atomic mass is 16.5. The van der Waals surface area contributed by atoms with Crippen LogP contribution < -0.4 is 4.74 Å². The number of allylic oxidation sites excluding steroid dienone is 8. The SMILES string of the molecule is CC(C)=CCC/C(C)=C/CC/C(C)=C/C1Oc2ccc(O)cc2C2=C1C(=O)C=CC2=O. The van der Waals surface area contributed by atoms with E-state index < -0.39 is 6.10 Å². The molecule has 1 heterocycles. The Bertz CT molecular complexity index is 1040. The van der Waals surface area contributed by atoms with Gasteiger partial charge in [0.25, 0.3) is 0 Å². The van der Waals surface area contributed by atoms with Crippen molar-refractivity contribution in [3.8, 4) is 11.5 Å². The molecular formula is C27H30O4. The van der Waals surface area contributed by atoms with Crippen LogP contribution in [0.1, 0.15) is 58.9 Å². The summed E-state index contributed by atoms with van der Waals surface area (Å²) in [6.07, 6.45) is 12.3. The normalized spacial score (nSPS) is 18.5. The molecule has 0 aromatic heterocycles. The van der Waals surface area contributed by atoms with E-state index in [1.165, 1.54) is 35.4 Å². The van der Waals surface area contributed by atoms with Crippen LogP contribution in [0.4, 0.5) is 0 Å². The van der Waals surface area contributed by atoms with Gasteiger partial charge in [0, 0.05) is 11.1 Å². The van der Waals surface area contributed by atoms with Crippen molar-refractivity contribution in [1.29, 1.82) is 0 Å². The van der Waals surface area contributed by atoms with Gasteiger partial charge in [0.05, 0.1) is 5.57 Å². The van der Waals surface area contributed by atoms with Gasteiger partial charge in [-0.15, -0.1) is 0 Å². The number of hydrogen-bond donors (Lipinski definition) is 1. The third kappa shape index (κ3) is 5.52. The fraction of sp³-hybridized carbons (Fsp3) is 0.333. The molecular weight excluding hydrogens is 388 g/mol. The molecule has 0 spiro atoms. The summed E-state index contributed by atoms with van der Waals surface area (Å²) in [5.74, 6) is 0.0568. The van der Waals surface area contributed by atoms with E-state index in [1.54, 1.807) is 6.07 Å². The Kier molecular flexibility index (Phi) is 7.11. The van der Waals surface area contributed by atoms with Crippen molar-refractivity contribution in [1.82, 2.24) is 0 Å². The number of carbonyl (C=O) groups is 2. The second-order valence-electron chi connectivity index (χ2n) is 8.49. The Labute approximate surface area is 184 Å². The maximum atomic E-state index is 12.6. The summed E-state index contributed by atoms with van der Waals surface area (Å²) in [7, 11) is 0. The molecule has 1 aliphatic heterocycles. The fourth-order valence-electron chi connectivity index (χ4n) is 3.85. The van der Waals surface area contributed by atoms with Gasteiger partial charge >= 0.3 is 0 Å². The molecule has 1 aromatic carbocycles. The van der Waals surface area contributed by atoms with Gasteiger partial charge in [-0.3, -0.25) is 9.59 Å². The Balaban J connectivity index is 1.78. The first-order valence-corrected chi connectivity index (χ1v) is 10.7. The van der Waals surface area contributed by atoms with Crippen LogP contribution in [-0.2, 0) is 9.59 Å². The summed E-state index contributed by atoms with van der Waals surface area (Å²) in [6, 6.07) is 4.63. The van der Waals surface area contributed by atoms with Crippen molar-refractivity contribution in [2.45, 2.75) is 59.5 Å². The number of phenols is 1. The van der Waals surface area contributed by atoms with E-state index in [2.05, 4.69) is 32.9 Å². The first-order valence-electron chi connectivity index (χ1n) is 10.7. The van der Waals surface area contributed by atoms with Crippen molar-refractivity contribution in [3.63, 3.8) is 0 Å². The number of ether oxygens (including phenoxy) is 1. The third-order valence-corrected chi connectivity index (χ3v) is 5.50. The van der Waals surface area contributed by atoms with Gasteiger partial charge in [0.15, 0.2) is 11.6 Å². The van der Waals surface area contributed by atoms with Gasteiger partial charge in [-0.25, -0.2) is 0 Å². The zero-order valence-corrected chi connectivity index (χ0v) is 18.7. The Hall–Kier alpha value is -3.14. The quantitative estimate of drug-likeness (QED) is 0.433. The van der Waals surface area contributed by atoms with E-state index in [9.17, 15) is 14.7 Å². The molecule has 2 aliphatic rings. The number of aromatic hydroxyl groups is 1. The molecule has 1 atom stereocenters. The van der Waals surface area contributed by atoms with E-state index in [1.807, 2.05) is 13.0 Å². The van der Waals surface area contributed by atoms with Gasteiger partial charge in [-0.1, -0.05) is 28.9 Å². The summed E-state index contributed by atoms with van der Waals surface area (Å²) in [5.41, 5.74) is 4.95. The molecule has 1 aromatic rings. The standard InChI is InChI=1S/C27H30O4/c1-17(2)7-5-8-18(3)9-6-10-19(4)15-25-27-23(30)13-12-22(29)26(27)21-16-20(28)11-14-24(21)31-25/h7,9,11-16,25,28H,5-6,8,10H2,1-4H3/b18-9+,19-15+. The van der Waals surface area contributed by atoms with E-state index in [0.717, 1.165) is 31.3 Å². The molecule has 1 N–H and O–H groups in total. The maximum absolute atomic E-state index is 12.6. The topological polar surface area (TPSA) is 63.6 Å². The smallest absolute Gasteiger partial charge is 0.187 e. The molecule has 1 aliphatic carbocycles. The summed E-state index contributed by atoms with van der Waals surface area (Å²) in [6.45, 7) is 8.41. The fourth-order valence-corrected chi connectivity index (χ4v) is 3.85. The van der Waals surface area contributed by atoms with Crippen molar-refractivity contribution < 1.29 is 19.4 Å². The van der Waals surface area contributed by atoms with Gasteiger partial charge in [-0.2, -0.15) is 0 Å². The summed E-state index contributed by atoms with van der Waals surface area (Å²) >= 11 is 0. The Morgan fingerprint density at radius 1 is 0.968 bits per heavy atom. The number of hydrogen-bond acceptors (Lipinski definition) is 4. The van der Waals surface area contributed by atoms with Crippen LogP contribution in [0.2, 0.25) is 0 Å². The lowest BCUT2D eigenvalue weighted by atomic mass is 9.83. The van der Waals surface area contributed by atoms with Gasteiger partial charge in [-0.05, 0) is 89.8 Å². The van der Waals surface area contributed by atoms with Crippen LogP contribution in [-0.4, -0.2) is 22.8 Å². The molecule has 1 unspecified atom stereocenters. The number of carbonyl (C=O) groups excluding carboxylic acids is 2. The van der Waals surface area contributed by atoms with Gasteiger partial charge in [0.1, 0.15) is 17.6 Å². The molecule has 4 nitrogen and oxygen atoms in total. The molecule has 0 fully saturated rings. The number of ketones is 2. The second-order valence-corrected chi connectivity index (χ2v) is 8.49. The highest BCUT2D eigenvalue weighted by Gasteiger charge is 2.35. The van der Waals surface area contributed by atoms with Crippen LogP contribution in [0.3, 0.4) is 0 Å². The first-order chi connectivity index (χ1) is 14.8. The summed E-state index contributed by atoms with van der Waals surface area (Å²) in [5, 5.41) is 9.85. The van der Waals surface area contributed by atoms with Gasteiger partial charge in [0.2, 0.25) is 0 Å². The predicted molar refractivity (Wildman–Crippen MR) is 124 cm³/mol. The number of fused-ring (bicyclic) bond motifs is 2. The van der Waals surface area contributed by atoms with Crippen LogP contribution in [0, 0.1) is 0 Å². The van der Waals surface area contributed by atoms with Crippen molar-refractivity contribution in [2.75, 3.05) is 0 Å². The minimum absolute atomic E-state index is 0.0286. The average molecular weight is 419 g/mol. The number of phenolic OH excluding ortho intramolecular Hbond substituents is 1. The number of rotatable bonds is 7. The average Bonchev–Trinajstić information content (AvgIpc) is 2.70. The first kappa shape index (κ1) is 22.5. The summed E-state index contributed by atoms with van der Waals surface area (Å²) in [4.78, 5) is 25.2. The predicted octanol–water partition coefficient (Wildman–Crippen LogP) is 6.03. The highest BCUT2D eigenvalue weighted by Crippen LogP contribution is 2.41. The van der Waals surface area contributed by atoms with Crippen molar-refractivity contribution in [2.24, 2.45) is 0 Å². The molecule has 31 heavy (non-hydrogen) atoms. The molecule has 3 rings (SSSR count). The lowest BCUT2D eigenvalue weighted by Gasteiger charge is -2.29. The van der Waals surface area contributed by atoms with E-state index >= 15 is 0 Å². The zero-order valence-electron chi connectivity index (χ0n) is 18.7. The second kappa shape index (κ2) is 9.78. The molecule has 0 radical (unpaired) electrons. The lowest BCUT2D eigenvalue weighted by molar-refractivity contribution is -0.114. The van der Waals surface area contributed by atoms with Crippen molar-refractivity contribution >= 4 is 17.1 Å². The molecule has 0 bridgehead atoms. The molecule has 4 heteroatoms. The molecule has 0 amide bonds. The van der Waals surface area contributed by atoms with E-state index in [0.29, 0.717) is 22.5 Å². The van der Waals surface area contributed by atoms with Crippen LogP contribution in [0.5, 0.6) is 11.5 Å². The van der Waals surface area contributed by atoms with Crippen LogP contribution >= 0.6 is 0 Å². The Morgan fingerprint density at radius 2 is 1.65 bits per heavy atom. The Morgan fingerprint density at radius 3 is 2.39 bits per heavy atom. The number of benzene rings is 1. The van der Waals surface area contributed by atoms with E-state index in [-0.39, 0.29) is 17.3 Å². The van der Waals surface area contributed by atoms with E-state index in [4.69, 9.17) is 4.74 Å². The molecule has 0 saturated carbocycles. The molecule has 162 valence electrons. The lowest BCUT2D eigenvalue weighted by Crippen LogP contribution is -2.31. The van der Waals surface area contributed by atoms with Gasteiger partial charge < -0.3 is 9.84 Å². The van der Waals surface area contributed by atoms with Crippen molar-refractivity contribution in [3.05, 3.63) is 76.4 Å². The summed E-state index contributed by atoms with van der Waals surface area (Å²) < 4.78 is 6.07. The minimum atomic E-state index is -0.615. The maximum Gasteiger partial charge on any atom is 0.187 e. The monoisotopic (exact) mass is 418 g/mol. The van der Waals surface area contributed by atoms with Crippen LogP contribution in [0.15, 0.2) is 70.9 Å². The molecule has 0 saturated heterocycles. The van der Waals surface area contributed by atoms with Crippen LogP contribution in [0.25, 0.3) is 5.57 Å². The third-order valence-electron chi connectivity index (χ3n) is 5.50. The minimum Gasteiger partial charge on any atom is -0.508 e.